The average Bonchev–Trinajstić information content (AvgIpc) is 3.04. The van der Waals surface area contributed by atoms with E-state index in [-0.39, 0.29) is 5.91 Å². The predicted molar refractivity (Wildman–Crippen MR) is 142 cm³/mol. The first-order chi connectivity index (χ1) is 15.8. The van der Waals surface area contributed by atoms with Gasteiger partial charge in [-0.1, -0.05) is 101 Å². The summed E-state index contributed by atoms with van der Waals surface area (Å²) in [4.78, 5) is 15.1. The van der Waals surface area contributed by atoms with Gasteiger partial charge in [0.05, 0.1) is 26.5 Å². The highest BCUT2D eigenvalue weighted by Crippen LogP contribution is 2.35. The summed E-state index contributed by atoms with van der Waals surface area (Å²) in [7, 11) is 0. The molecular formula is C25H18Cl3NO2S2. The van der Waals surface area contributed by atoms with E-state index in [1.165, 1.54) is 17.3 Å². The van der Waals surface area contributed by atoms with E-state index in [1.807, 2.05) is 43.3 Å². The highest BCUT2D eigenvalue weighted by Gasteiger charge is 2.32. The molecule has 3 aromatic carbocycles. The Bertz CT molecular complexity index is 1260. The second kappa shape index (κ2) is 10.5. The first-order valence-electron chi connectivity index (χ1n) is 9.97. The first kappa shape index (κ1) is 24.1. The summed E-state index contributed by atoms with van der Waals surface area (Å²) in [6, 6.07) is 18.8. The van der Waals surface area contributed by atoms with Crippen molar-refractivity contribution in [1.29, 1.82) is 0 Å². The van der Waals surface area contributed by atoms with Crippen molar-refractivity contribution in [2.45, 2.75) is 20.1 Å². The maximum absolute atomic E-state index is 12.9. The maximum Gasteiger partial charge on any atom is 0.266 e. The van der Waals surface area contributed by atoms with Crippen LogP contribution in [0.4, 0.5) is 0 Å². The van der Waals surface area contributed by atoms with Gasteiger partial charge in [-0.25, -0.2) is 0 Å². The summed E-state index contributed by atoms with van der Waals surface area (Å²) < 4.78 is 6.36. The number of amides is 1. The molecule has 0 spiro atoms. The SMILES string of the molecule is Cc1ccc(CN2C(=O)C(=Cc3ccc(OCc4ccc(Cl)c(Cl)c4)c(Cl)c3)SC2=S)cc1. The Morgan fingerprint density at radius 3 is 2.36 bits per heavy atom. The smallest absolute Gasteiger partial charge is 0.266 e. The second-order valence-electron chi connectivity index (χ2n) is 7.48. The number of halogens is 3. The van der Waals surface area contributed by atoms with Crippen LogP contribution in [0.25, 0.3) is 6.08 Å². The molecule has 33 heavy (non-hydrogen) atoms. The number of rotatable bonds is 6. The third-order valence-corrected chi connectivity index (χ3v) is 7.38. The fourth-order valence-corrected chi connectivity index (χ4v) is 5.00. The molecule has 1 fully saturated rings. The third-order valence-electron chi connectivity index (χ3n) is 4.97. The molecule has 0 radical (unpaired) electrons. The lowest BCUT2D eigenvalue weighted by Crippen LogP contribution is -2.27. The number of ether oxygens (including phenoxy) is 1. The lowest BCUT2D eigenvalue weighted by molar-refractivity contribution is -0.122. The maximum atomic E-state index is 12.9. The van der Waals surface area contributed by atoms with E-state index < -0.39 is 0 Å². The van der Waals surface area contributed by atoms with Gasteiger partial charge in [0.1, 0.15) is 16.7 Å². The van der Waals surface area contributed by atoms with Crippen molar-refractivity contribution in [3.8, 4) is 5.75 Å². The quantitative estimate of drug-likeness (QED) is 0.237. The van der Waals surface area contributed by atoms with Gasteiger partial charge in [-0.3, -0.25) is 9.69 Å². The fourth-order valence-electron chi connectivity index (χ4n) is 3.18. The number of benzene rings is 3. The van der Waals surface area contributed by atoms with E-state index in [0.29, 0.717) is 43.2 Å². The molecule has 3 nitrogen and oxygen atoms in total. The lowest BCUT2D eigenvalue weighted by Gasteiger charge is -2.14. The van der Waals surface area contributed by atoms with Crippen molar-refractivity contribution < 1.29 is 9.53 Å². The zero-order valence-corrected chi connectivity index (χ0v) is 21.4. The van der Waals surface area contributed by atoms with Crippen molar-refractivity contribution in [2.75, 3.05) is 0 Å². The van der Waals surface area contributed by atoms with Gasteiger partial charge in [0.25, 0.3) is 5.91 Å². The van der Waals surface area contributed by atoms with Gasteiger partial charge in [0, 0.05) is 0 Å². The van der Waals surface area contributed by atoms with Crippen LogP contribution in [0.2, 0.25) is 15.1 Å². The Morgan fingerprint density at radius 1 is 0.939 bits per heavy atom. The molecule has 1 aliphatic rings. The standard InChI is InChI=1S/C25H18Cl3NO2S2/c1-15-2-4-16(5-3-15)13-29-24(30)23(33-25(29)32)12-17-7-9-22(21(28)10-17)31-14-18-6-8-19(26)20(27)11-18/h2-12H,13-14H2,1H3. The number of thiocarbonyl (C=S) groups is 1. The van der Waals surface area contributed by atoms with Crippen LogP contribution >= 0.6 is 58.8 Å². The van der Waals surface area contributed by atoms with Gasteiger partial charge < -0.3 is 4.74 Å². The molecule has 1 heterocycles. The van der Waals surface area contributed by atoms with Crippen LogP contribution < -0.4 is 4.74 Å². The van der Waals surface area contributed by atoms with Gasteiger partial charge in [-0.05, 0) is 54.0 Å². The molecule has 8 heteroatoms. The molecule has 168 valence electrons. The molecular weight excluding hydrogens is 517 g/mol. The highest BCUT2D eigenvalue weighted by molar-refractivity contribution is 8.26. The molecule has 4 rings (SSSR count). The number of hydrogen-bond donors (Lipinski definition) is 0. The molecule has 0 atom stereocenters. The van der Waals surface area contributed by atoms with Gasteiger partial charge in [0.2, 0.25) is 0 Å². The third kappa shape index (κ3) is 5.92. The minimum atomic E-state index is -0.110. The van der Waals surface area contributed by atoms with Gasteiger partial charge in [0.15, 0.2) is 0 Å². The topological polar surface area (TPSA) is 29.5 Å². The molecule has 1 aliphatic heterocycles. The summed E-state index contributed by atoms with van der Waals surface area (Å²) in [6.07, 6.45) is 1.79. The van der Waals surface area contributed by atoms with Crippen LogP contribution in [0, 0.1) is 6.92 Å². The van der Waals surface area contributed by atoms with E-state index in [4.69, 9.17) is 51.8 Å². The van der Waals surface area contributed by atoms with Crippen LogP contribution in [0.15, 0.2) is 65.6 Å². The number of carbonyl (C=O) groups is 1. The van der Waals surface area contributed by atoms with Crippen molar-refractivity contribution >= 4 is 75.1 Å². The van der Waals surface area contributed by atoms with Crippen molar-refractivity contribution in [3.05, 3.63) is 103 Å². The lowest BCUT2D eigenvalue weighted by atomic mass is 10.1. The van der Waals surface area contributed by atoms with Crippen molar-refractivity contribution in [3.63, 3.8) is 0 Å². The average molecular weight is 535 g/mol. The minimum Gasteiger partial charge on any atom is -0.487 e. The summed E-state index contributed by atoms with van der Waals surface area (Å²) >= 11 is 25.2. The summed E-state index contributed by atoms with van der Waals surface area (Å²) in [5.41, 5.74) is 3.87. The van der Waals surface area contributed by atoms with Crippen LogP contribution in [-0.2, 0) is 17.9 Å². The monoisotopic (exact) mass is 533 g/mol. The molecule has 3 aromatic rings. The van der Waals surface area contributed by atoms with Crippen LogP contribution in [-0.4, -0.2) is 15.1 Å². The van der Waals surface area contributed by atoms with Gasteiger partial charge in [-0.15, -0.1) is 0 Å². The van der Waals surface area contributed by atoms with E-state index in [1.54, 1.807) is 35.2 Å². The predicted octanol–water partition coefficient (Wildman–Crippen LogP) is 7.94. The largest absolute Gasteiger partial charge is 0.487 e. The molecule has 0 bridgehead atoms. The summed E-state index contributed by atoms with van der Waals surface area (Å²) in [5, 5.41) is 1.41. The molecule has 0 N–H and O–H groups in total. The Balaban J connectivity index is 1.44. The molecule has 1 saturated heterocycles. The van der Waals surface area contributed by atoms with Crippen LogP contribution in [0.3, 0.4) is 0 Å². The summed E-state index contributed by atoms with van der Waals surface area (Å²) in [5.74, 6) is 0.424. The second-order valence-corrected chi connectivity index (χ2v) is 10.4. The minimum absolute atomic E-state index is 0.110. The number of nitrogens with zero attached hydrogens (tertiary/aromatic N) is 1. The van der Waals surface area contributed by atoms with E-state index in [2.05, 4.69) is 0 Å². The first-order valence-corrected chi connectivity index (χ1v) is 12.3. The molecule has 0 aliphatic carbocycles. The van der Waals surface area contributed by atoms with Crippen LogP contribution in [0.5, 0.6) is 5.75 Å². The highest BCUT2D eigenvalue weighted by atomic mass is 35.5. The number of aryl methyl sites for hydroxylation is 1. The Labute approximate surface area is 217 Å². The molecule has 0 unspecified atom stereocenters. The number of thioether (sulfide) groups is 1. The number of carbonyl (C=O) groups excluding carboxylic acids is 1. The molecule has 1 amide bonds. The number of hydrogen-bond acceptors (Lipinski definition) is 4. The van der Waals surface area contributed by atoms with E-state index >= 15 is 0 Å². The zero-order valence-electron chi connectivity index (χ0n) is 17.5. The van der Waals surface area contributed by atoms with Crippen molar-refractivity contribution in [1.82, 2.24) is 4.90 Å². The van der Waals surface area contributed by atoms with Crippen molar-refractivity contribution in [2.24, 2.45) is 0 Å². The van der Waals surface area contributed by atoms with E-state index in [9.17, 15) is 4.79 Å². The fraction of sp³-hybridized carbons (Fsp3) is 0.120. The Hall–Kier alpha value is -2.02. The normalized spacial score (nSPS) is 14.9. The molecule has 0 saturated carbocycles. The van der Waals surface area contributed by atoms with Gasteiger partial charge in [-0.2, -0.15) is 0 Å². The Morgan fingerprint density at radius 2 is 1.67 bits per heavy atom. The van der Waals surface area contributed by atoms with Gasteiger partial charge >= 0.3 is 0 Å². The Kier molecular flexibility index (Phi) is 7.67. The van der Waals surface area contributed by atoms with E-state index in [0.717, 1.165) is 16.7 Å². The molecule has 0 aromatic heterocycles. The zero-order chi connectivity index (χ0) is 23.5. The van der Waals surface area contributed by atoms with Crippen LogP contribution in [0.1, 0.15) is 22.3 Å². The summed E-state index contributed by atoms with van der Waals surface area (Å²) in [6.45, 7) is 2.78.